The molecule has 0 fully saturated rings. The number of nitrogen functional groups attached to an aromatic ring is 1. The van der Waals surface area contributed by atoms with Crippen LogP contribution in [-0.2, 0) is 0 Å². The third kappa shape index (κ3) is 2.48. The van der Waals surface area contributed by atoms with Gasteiger partial charge in [-0.2, -0.15) is 0 Å². The summed E-state index contributed by atoms with van der Waals surface area (Å²) in [5.74, 6) is 1.21. The molecule has 2 rings (SSSR count). The van der Waals surface area contributed by atoms with E-state index in [4.69, 9.17) is 15.9 Å². The van der Waals surface area contributed by atoms with Gasteiger partial charge in [-0.15, -0.1) is 0 Å². The number of ether oxygens (including phenoxy) is 1. The van der Waals surface area contributed by atoms with Crippen LogP contribution in [0.2, 0.25) is 0 Å². The van der Waals surface area contributed by atoms with Gasteiger partial charge in [0.2, 0.25) is 0 Å². The van der Waals surface area contributed by atoms with Gasteiger partial charge in [0.1, 0.15) is 11.6 Å². The predicted octanol–water partition coefficient (Wildman–Crippen LogP) is 2.77. The van der Waals surface area contributed by atoms with Crippen molar-refractivity contribution < 1.29 is 4.74 Å². The molecule has 92 valence electrons. The molecule has 0 bridgehead atoms. The molecule has 4 heteroatoms. The first-order chi connectivity index (χ1) is 8.58. The highest BCUT2D eigenvalue weighted by molar-refractivity contribution is 5.97. The van der Waals surface area contributed by atoms with E-state index >= 15 is 0 Å². The molecule has 0 aliphatic heterocycles. The SMILES string of the molecule is Cc1ccc(Oc2cnccc2C(=N)N)c(C)c1. The Kier molecular flexibility index (Phi) is 3.28. The van der Waals surface area contributed by atoms with Gasteiger partial charge in [0.25, 0.3) is 0 Å². The molecule has 1 aromatic heterocycles. The van der Waals surface area contributed by atoms with Crippen molar-refractivity contribution in [3.8, 4) is 11.5 Å². The first-order valence-electron chi connectivity index (χ1n) is 5.61. The largest absolute Gasteiger partial charge is 0.455 e. The molecule has 0 aliphatic rings. The van der Waals surface area contributed by atoms with Gasteiger partial charge in [-0.05, 0) is 31.5 Å². The van der Waals surface area contributed by atoms with E-state index in [1.165, 1.54) is 5.56 Å². The molecule has 0 atom stereocenters. The Morgan fingerprint density at radius 2 is 2.00 bits per heavy atom. The van der Waals surface area contributed by atoms with Crippen molar-refractivity contribution in [1.29, 1.82) is 5.41 Å². The summed E-state index contributed by atoms with van der Waals surface area (Å²) in [6, 6.07) is 7.59. The summed E-state index contributed by atoms with van der Waals surface area (Å²) < 4.78 is 5.77. The molecule has 0 radical (unpaired) electrons. The van der Waals surface area contributed by atoms with E-state index in [9.17, 15) is 0 Å². The lowest BCUT2D eigenvalue weighted by Gasteiger charge is -2.11. The Morgan fingerprint density at radius 1 is 1.22 bits per heavy atom. The number of hydrogen-bond donors (Lipinski definition) is 2. The number of rotatable bonds is 3. The molecule has 2 aromatic rings. The lowest BCUT2D eigenvalue weighted by atomic mass is 10.1. The fourth-order valence-electron chi connectivity index (χ4n) is 1.72. The van der Waals surface area contributed by atoms with Crippen molar-refractivity contribution in [3.05, 3.63) is 53.3 Å². The van der Waals surface area contributed by atoms with Crippen LogP contribution in [0.3, 0.4) is 0 Å². The molecule has 0 aliphatic carbocycles. The van der Waals surface area contributed by atoms with E-state index in [0.29, 0.717) is 11.3 Å². The van der Waals surface area contributed by atoms with Crippen molar-refractivity contribution in [1.82, 2.24) is 4.98 Å². The fourth-order valence-corrected chi connectivity index (χ4v) is 1.72. The van der Waals surface area contributed by atoms with Crippen LogP contribution in [0.1, 0.15) is 16.7 Å². The van der Waals surface area contributed by atoms with Crippen LogP contribution < -0.4 is 10.5 Å². The minimum atomic E-state index is -0.0304. The Bertz CT molecular complexity index is 593. The van der Waals surface area contributed by atoms with E-state index in [1.807, 2.05) is 32.0 Å². The zero-order valence-corrected chi connectivity index (χ0v) is 10.4. The van der Waals surface area contributed by atoms with Crippen molar-refractivity contribution in [2.75, 3.05) is 0 Å². The third-order valence-electron chi connectivity index (χ3n) is 2.63. The number of nitrogens with zero attached hydrogens (tertiary/aromatic N) is 1. The van der Waals surface area contributed by atoms with Gasteiger partial charge in [0, 0.05) is 6.20 Å². The number of nitrogens with two attached hydrogens (primary N) is 1. The molecule has 0 unspecified atom stereocenters. The number of aromatic nitrogens is 1. The second-order valence-corrected chi connectivity index (χ2v) is 4.16. The Labute approximate surface area is 106 Å². The molecule has 0 saturated carbocycles. The highest BCUT2D eigenvalue weighted by Gasteiger charge is 2.08. The smallest absolute Gasteiger partial charge is 0.156 e. The van der Waals surface area contributed by atoms with Crippen LogP contribution in [0.4, 0.5) is 0 Å². The fraction of sp³-hybridized carbons (Fsp3) is 0.143. The molecule has 1 aromatic carbocycles. The van der Waals surface area contributed by atoms with Gasteiger partial charge in [-0.3, -0.25) is 10.4 Å². The summed E-state index contributed by atoms with van der Waals surface area (Å²) >= 11 is 0. The molecule has 1 heterocycles. The van der Waals surface area contributed by atoms with Crippen LogP contribution >= 0.6 is 0 Å². The molecule has 0 amide bonds. The summed E-state index contributed by atoms with van der Waals surface area (Å²) in [6.45, 7) is 4.01. The van der Waals surface area contributed by atoms with E-state index < -0.39 is 0 Å². The highest BCUT2D eigenvalue weighted by atomic mass is 16.5. The second-order valence-electron chi connectivity index (χ2n) is 4.16. The van der Waals surface area contributed by atoms with Gasteiger partial charge in [-0.1, -0.05) is 17.7 Å². The van der Waals surface area contributed by atoms with Gasteiger partial charge in [0.15, 0.2) is 5.75 Å². The second kappa shape index (κ2) is 4.87. The van der Waals surface area contributed by atoms with Gasteiger partial charge in [0.05, 0.1) is 11.8 Å². The summed E-state index contributed by atoms with van der Waals surface area (Å²) in [6.07, 6.45) is 3.15. The molecule has 18 heavy (non-hydrogen) atoms. The van der Waals surface area contributed by atoms with Crippen molar-refractivity contribution in [2.45, 2.75) is 13.8 Å². The van der Waals surface area contributed by atoms with Gasteiger partial charge < -0.3 is 10.5 Å². The average Bonchev–Trinajstić information content (AvgIpc) is 2.33. The number of pyridine rings is 1. The lowest BCUT2D eigenvalue weighted by molar-refractivity contribution is 0.475. The summed E-state index contributed by atoms with van der Waals surface area (Å²) in [4.78, 5) is 3.99. The minimum absolute atomic E-state index is 0.0304. The normalized spacial score (nSPS) is 10.1. The van der Waals surface area contributed by atoms with E-state index in [-0.39, 0.29) is 5.84 Å². The van der Waals surface area contributed by atoms with E-state index in [1.54, 1.807) is 18.5 Å². The van der Waals surface area contributed by atoms with Crippen molar-refractivity contribution >= 4 is 5.84 Å². The first-order valence-corrected chi connectivity index (χ1v) is 5.61. The monoisotopic (exact) mass is 241 g/mol. The number of benzene rings is 1. The number of amidine groups is 1. The number of hydrogen-bond acceptors (Lipinski definition) is 3. The number of aryl methyl sites for hydroxylation is 2. The zero-order valence-electron chi connectivity index (χ0n) is 10.4. The molecule has 4 nitrogen and oxygen atoms in total. The zero-order chi connectivity index (χ0) is 13.1. The van der Waals surface area contributed by atoms with E-state index in [2.05, 4.69) is 4.98 Å². The van der Waals surface area contributed by atoms with Crippen LogP contribution in [-0.4, -0.2) is 10.8 Å². The number of nitrogens with one attached hydrogen (secondary N) is 1. The average molecular weight is 241 g/mol. The summed E-state index contributed by atoms with van der Waals surface area (Å²) in [5, 5.41) is 7.50. The maximum atomic E-state index is 7.50. The van der Waals surface area contributed by atoms with Crippen molar-refractivity contribution in [3.63, 3.8) is 0 Å². The molecule has 0 saturated heterocycles. The van der Waals surface area contributed by atoms with Crippen molar-refractivity contribution in [2.24, 2.45) is 5.73 Å². The predicted molar refractivity (Wildman–Crippen MR) is 71.2 cm³/mol. The Balaban J connectivity index is 2.37. The topological polar surface area (TPSA) is 72.0 Å². The van der Waals surface area contributed by atoms with Crippen LogP contribution in [0.25, 0.3) is 0 Å². The molecule has 0 spiro atoms. The van der Waals surface area contributed by atoms with E-state index in [0.717, 1.165) is 11.3 Å². The molecular weight excluding hydrogens is 226 g/mol. The Morgan fingerprint density at radius 3 is 2.67 bits per heavy atom. The maximum absolute atomic E-state index is 7.50. The quantitative estimate of drug-likeness (QED) is 0.641. The van der Waals surface area contributed by atoms with Crippen LogP contribution in [0.5, 0.6) is 11.5 Å². The first kappa shape index (κ1) is 12.1. The van der Waals surface area contributed by atoms with Crippen LogP contribution in [0, 0.1) is 19.3 Å². The highest BCUT2D eigenvalue weighted by Crippen LogP contribution is 2.27. The van der Waals surface area contributed by atoms with Crippen LogP contribution in [0.15, 0.2) is 36.7 Å². The van der Waals surface area contributed by atoms with Gasteiger partial charge in [-0.25, -0.2) is 0 Å². The Hall–Kier alpha value is -2.36. The molecular formula is C14H15N3O. The minimum Gasteiger partial charge on any atom is -0.455 e. The standard InChI is InChI=1S/C14H15N3O/c1-9-3-4-12(10(2)7-9)18-13-8-17-6-5-11(13)14(15)16/h3-8H,1-2H3,(H3,15,16). The summed E-state index contributed by atoms with van der Waals surface area (Å²) in [5.41, 5.74) is 8.27. The molecule has 3 N–H and O–H groups in total. The summed E-state index contributed by atoms with van der Waals surface area (Å²) in [7, 11) is 0. The lowest BCUT2D eigenvalue weighted by Crippen LogP contribution is -2.12. The third-order valence-corrected chi connectivity index (χ3v) is 2.63. The van der Waals surface area contributed by atoms with Gasteiger partial charge >= 0.3 is 0 Å². The maximum Gasteiger partial charge on any atom is 0.156 e.